The molecule has 1 unspecified atom stereocenters. The number of aliphatic hydroxyl groups is 1. The second-order valence-electron chi connectivity index (χ2n) is 5.06. The Hall–Kier alpha value is -2.57. The molecule has 1 atom stereocenters. The highest BCUT2D eigenvalue weighted by molar-refractivity contribution is 7.15. The van der Waals surface area contributed by atoms with E-state index in [1.165, 1.54) is 11.3 Å². The number of thiophene rings is 1. The Labute approximate surface area is 136 Å². The van der Waals surface area contributed by atoms with Gasteiger partial charge in [0.05, 0.1) is 17.7 Å². The van der Waals surface area contributed by atoms with Crippen LogP contribution in [0.3, 0.4) is 0 Å². The summed E-state index contributed by atoms with van der Waals surface area (Å²) in [7, 11) is 0. The summed E-state index contributed by atoms with van der Waals surface area (Å²) in [4.78, 5) is 6.18. The lowest BCUT2D eigenvalue weighted by atomic mass is 10.3. The highest BCUT2D eigenvalue weighted by atomic mass is 32.1. The molecule has 3 heterocycles. The summed E-state index contributed by atoms with van der Waals surface area (Å²) < 4.78 is 10.9. The molecular weight excluding hydrogens is 312 g/mol. The van der Waals surface area contributed by atoms with E-state index in [4.69, 9.17) is 8.83 Å². The molecule has 0 radical (unpaired) electrons. The van der Waals surface area contributed by atoms with Crippen molar-refractivity contribution in [2.75, 3.05) is 11.9 Å². The highest BCUT2D eigenvalue weighted by Crippen LogP contribution is 2.31. The molecule has 0 bridgehead atoms. The molecule has 4 aromatic rings. The number of hydrogen-bond donors (Lipinski definition) is 2. The average molecular weight is 326 g/mol. The van der Waals surface area contributed by atoms with E-state index in [1.54, 1.807) is 6.26 Å². The fraction of sp³-hybridized carbons (Fsp3) is 0.118. The molecule has 1 aromatic carbocycles. The van der Waals surface area contributed by atoms with Crippen LogP contribution in [0.25, 0.3) is 21.7 Å². The first-order valence-corrected chi connectivity index (χ1v) is 8.02. The average Bonchev–Trinajstić information content (AvgIpc) is 3.31. The van der Waals surface area contributed by atoms with Crippen LogP contribution in [0, 0.1) is 0 Å². The summed E-state index contributed by atoms with van der Waals surface area (Å²) in [5.41, 5.74) is 1.52. The monoisotopic (exact) mass is 326 g/mol. The zero-order chi connectivity index (χ0) is 15.6. The first-order chi connectivity index (χ1) is 11.3. The number of anilines is 1. The van der Waals surface area contributed by atoms with Crippen molar-refractivity contribution >= 4 is 28.5 Å². The maximum absolute atomic E-state index is 10.3. The van der Waals surface area contributed by atoms with Crippen molar-refractivity contribution in [2.45, 2.75) is 6.10 Å². The Morgan fingerprint density at radius 2 is 2.04 bits per heavy atom. The van der Waals surface area contributed by atoms with Crippen LogP contribution in [-0.2, 0) is 0 Å². The molecule has 0 amide bonds. The standard InChI is InChI=1S/C17H14N2O3S/c20-12(15-7-8-16(23-15)14-6-3-9-21-14)10-18-17-19-11-4-1-2-5-13(11)22-17/h1-9,12,20H,10H2,(H,18,19). The number of nitrogens with zero attached hydrogens (tertiary/aromatic N) is 1. The van der Waals surface area contributed by atoms with E-state index in [-0.39, 0.29) is 0 Å². The number of aliphatic hydroxyl groups excluding tert-OH is 1. The van der Waals surface area contributed by atoms with E-state index in [0.717, 1.165) is 26.6 Å². The fourth-order valence-electron chi connectivity index (χ4n) is 2.32. The van der Waals surface area contributed by atoms with Crippen molar-refractivity contribution in [1.29, 1.82) is 0 Å². The fourth-order valence-corrected chi connectivity index (χ4v) is 3.28. The Morgan fingerprint density at radius 3 is 2.87 bits per heavy atom. The first-order valence-electron chi connectivity index (χ1n) is 7.21. The van der Waals surface area contributed by atoms with E-state index >= 15 is 0 Å². The normalized spacial score (nSPS) is 12.6. The molecule has 0 saturated heterocycles. The zero-order valence-electron chi connectivity index (χ0n) is 12.1. The van der Waals surface area contributed by atoms with Gasteiger partial charge < -0.3 is 19.3 Å². The maximum Gasteiger partial charge on any atom is 0.295 e. The van der Waals surface area contributed by atoms with E-state index in [9.17, 15) is 5.11 Å². The SMILES string of the molecule is OC(CNc1nc2ccccc2o1)c1ccc(-c2ccco2)s1. The quantitative estimate of drug-likeness (QED) is 0.572. The Bertz CT molecular complexity index is 878. The Morgan fingerprint density at radius 1 is 1.13 bits per heavy atom. The molecule has 3 aromatic heterocycles. The van der Waals surface area contributed by atoms with Gasteiger partial charge in [0.15, 0.2) is 5.58 Å². The van der Waals surface area contributed by atoms with Crippen LogP contribution < -0.4 is 5.32 Å². The largest absolute Gasteiger partial charge is 0.464 e. The van der Waals surface area contributed by atoms with Gasteiger partial charge in [0.2, 0.25) is 0 Å². The van der Waals surface area contributed by atoms with Gasteiger partial charge in [-0.2, -0.15) is 4.98 Å². The molecule has 2 N–H and O–H groups in total. The lowest BCUT2D eigenvalue weighted by molar-refractivity contribution is 0.194. The predicted molar refractivity (Wildman–Crippen MR) is 89.5 cm³/mol. The van der Waals surface area contributed by atoms with Crippen LogP contribution in [0.2, 0.25) is 0 Å². The molecule has 0 saturated carbocycles. The molecular formula is C17H14N2O3S. The third-order valence-corrected chi connectivity index (χ3v) is 4.66. The summed E-state index contributed by atoms with van der Waals surface area (Å²) in [5, 5.41) is 13.3. The molecule has 116 valence electrons. The lowest BCUT2D eigenvalue weighted by Crippen LogP contribution is -2.11. The number of para-hydroxylation sites is 2. The van der Waals surface area contributed by atoms with Gasteiger partial charge in [-0.1, -0.05) is 12.1 Å². The molecule has 0 aliphatic heterocycles. The van der Waals surface area contributed by atoms with Crippen LogP contribution >= 0.6 is 11.3 Å². The number of rotatable bonds is 5. The van der Waals surface area contributed by atoms with Crippen molar-refractivity contribution in [3.8, 4) is 10.6 Å². The smallest absolute Gasteiger partial charge is 0.295 e. The van der Waals surface area contributed by atoms with E-state index in [0.29, 0.717) is 12.6 Å². The molecule has 0 aliphatic rings. The topological polar surface area (TPSA) is 71.4 Å². The molecule has 5 nitrogen and oxygen atoms in total. The van der Waals surface area contributed by atoms with Crippen molar-refractivity contribution in [2.24, 2.45) is 0 Å². The second-order valence-corrected chi connectivity index (χ2v) is 6.18. The summed E-state index contributed by atoms with van der Waals surface area (Å²) in [6.45, 7) is 0.324. The number of furan rings is 1. The number of aromatic nitrogens is 1. The molecule has 0 spiro atoms. The third-order valence-electron chi connectivity index (χ3n) is 3.46. The Kier molecular flexibility index (Phi) is 3.61. The van der Waals surface area contributed by atoms with Crippen molar-refractivity contribution < 1.29 is 13.9 Å². The van der Waals surface area contributed by atoms with E-state index in [1.807, 2.05) is 48.5 Å². The number of nitrogens with one attached hydrogen (secondary N) is 1. The summed E-state index contributed by atoms with van der Waals surface area (Å²) in [6.07, 6.45) is 0.999. The van der Waals surface area contributed by atoms with E-state index in [2.05, 4.69) is 10.3 Å². The van der Waals surface area contributed by atoms with Crippen molar-refractivity contribution in [3.05, 3.63) is 59.7 Å². The van der Waals surface area contributed by atoms with Gasteiger partial charge in [0.25, 0.3) is 6.01 Å². The zero-order valence-corrected chi connectivity index (χ0v) is 12.9. The van der Waals surface area contributed by atoms with E-state index < -0.39 is 6.10 Å². The van der Waals surface area contributed by atoms with Crippen molar-refractivity contribution in [3.63, 3.8) is 0 Å². The van der Waals surface area contributed by atoms with Crippen LogP contribution in [0.15, 0.2) is 63.6 Å². The number of hydrogen-bond acceptors (Lipinski definition) is 6. The van der Waals surface area contributed by atoms with Gasteiger partial charge in [0, 0.05) is 4.88 Å². The van der Waals surface area contributed by atoms with Gasteiger partial charge in [-0.3, -0.25) is 0 Å². The molecule has 23 heavy (non-hydrogen) atoms. The number of oxazole rings is 1. The first kappa shape index (κ1) is 14.0. The van der Waals surface area contributed by atoms with Gasteiger partial charge in [0.1, 0.15) is 17.4 Å². The van der Waals surface area contributed by atoms with Crippen LogP contribution in [0.5, 0.6) is 0 Å². The lowest BCUT2D eigenvalue weighted by Gasteiger charge is -2.08. The van der Waals surface area contributed by atoms with Crippen LogP contribution in [-0.4, -0.2) is 16.6 Å². The van der Waals surface area contributed by atoms with Crippen molar-refractivity contribution in [1.82, 2.24) is 4.98 Å². The Balaban J connectivity index is 1.44. The third kappa shape index (κ3) is 2.86. The number of benzene rings is 1. The molecule has 4 rings (SSSR count). The van der Waals surface area contributed by atoms with Gasteiger partial charge in [-0.25, -0.2) is 0 Å². The maximum atomic E-state index is 10.3. The minimum absolute atomic E-state index is 0.324. The van der Waals surface area contributed by atoms with Gasteiger partial charge in [-0.05, 0) is 36.4 Å². The summed E-state index contributed by atoms with van der Waals surface area (Å²) >= 11 is 1.50. The molecule has 0 fully saturated rings. The second kappa shape index (κ2) is 5.91. The molecule has 6 heteroatoms. The molecule has 0 aliphatic carbocycles. The minimum atomic E-state index is -0.640. The van der Waals surface area contributed by atoms with Gasteiger partial charge >= 0.3 is 0 Å². The predicted octanol–water partition coefficient (Wildman–Crippen LogP) is 4.29. The summed E-state index contributed by atoms with van der Waals surface area (Å²) in [6, 6.07) is 15.6. The number of fused-ring (bicyclic) bond motifs is 1. The summed E-state index contributed by atoms with van der Waals surface area (Å²) in [5.74, 6) is 0.806. The van der Waals surface area contributed by atoms with Crippen LogP contribution in [0.1, 0.15) is 11.0 Å². The minimum Gasteiger partial charge on any atom is -0.464 e. The highest BCUT2D eigenvalue weighted by Gasteiger charge is 2.14. The van der Waals surface area contributed by atoms with Gasteiger partial charge in [-0.15, -0.1) is 11.3 Å². The van der Waals surface area contributed by atoms with Crippen LogP contribution in [0.4, 0.5) is 6.01 Å².